The Morgan fingerprint density at radius 1 is 0.759 bits per heavy atom. The fourth-order valence-corrected chi connectivity index (χ4v) is 7.74. The van der Waals surface area contributed by atoms with E-state index in [2.05, 4.69) is 30.6 Å². The summed E-state index contributed by atoms with van der Waals surface area (Å²) in [5.41, 5.74) is 26.0. The molecule has 308 valence electrons. The molecule has 0 aliphatic rings. The highest BCUT2D eigenvalue weighted by Gasteiger charge is 2.35. The summed E-state index contributed by atoms with van der Waals surface area (Å²) in [5, 5.41) is 57.6. The molecule has 6 rings (SSSR count). The molecule has 33 heteroatoms. The first-order chi connectivity index (χ1) is 26.9. The van der Waals surface area contributed by atoms with Crippen LogP contribution in [0.2, 0.25) is 0 Å². The normalized spacial score (nSPS) is 10.4. The molecule has 0 radical (unpaired) electrons. The quantitative estimate of drug-likeness (QED) is 0.0814. The predicted octanol–water partition coefficient (Wildman–Crippen LogP) is 4.81. The first-order valence-electron chi connectivity index (χ1n) is 14.2. The van der Waals surface area contributed by atoms with Crippen LogP contribution in [-0.4, -0.2) is 59.6 Å². The number of carbonyl (C=O) groups excluding carboxylic acids is 1. The van der Waals surface area contributed by atoms with Gasteiger partial charge in [-0.3, -0.25) is 35.1 Å². The summed E-state index contributed by atoms with van der Waals surface area (Å²) in [6.07, 6.45) is -4.42. The average molecular weight is 926 g/mol. The van der Waals surface area contributed by atoms with Gasteiger partial charge in [-0.05, 0) is 23.8 Å². The van der Waals surface area contributed by atoms with Crippen LogP contribution in [0.15, 0.2) is 46.8 Å². The van der Waals surface area contributed by atoms with Crippen molar-refractivity contribution in [3.63, 3.8) is 0 Å². The standard InChI is InChI=1S/C9H9N3O2S2.C6H6N2O3S.C4H3N3O4S.C3H2F3N3S.C3H2N4S/c10-8-11-12-9(15-8)16(13,14)6-7-4-2-1-3-5-7;1-3(9)5-2-4(8(10)11)6(7)12-5;5-4-2(6(8)9)1-3(12-4)7(10)11;4-3(5,6)1-8-9-2(7)10-1;4-1-2-6-7-3(5)8-2/h1-5H,6H2,(H2,10,11);2H,7H2,1H3;1H,5H2;(H2,7,9);(H2,5,7). The van der Waals surface area contributed by atoms with Crippen LogP contribution in [0.3, 0.4) is 0 Å². The minimum Gasteiger partial charge on any atom is -0.385 e. The largest absolute Gasteiger partial charge is 0.445 e. The zero-order valence-electron chi connectivity index (χ0n) is 28.4. The molecule has 24 nitrogen and oxygen atoms in total. The molecule has 0 unspecified atom stereocenters. The van der Waals surface area contributed by atoms with E-state index >= 15 is 0 Å². The van der Waals surface area contributed by atoms with E-state index in [1.165, 1.54) is 13.0 Å². The number of hydrogen-bond donors (Lipinski definition) is 5. The van der Waals surface area contributed by atoms with Gasteiger partial charge in [-0.1, -0.05) is 64.3 Å². The predicted molar refractivity (Wildman–Crippen MR) is 207 cm³/mol. The van der Waals surface area contributed by atoms with Crippen LogP contribution in [0.25, 0.3) is 0 Å². The maximum Gasteiger partial charge on any atom is 0.445 e. The second kappa shape index (κ2) is 21.1. The summed E-state index contributed by atoms with van der Waals surface area (Å²) in [6.45, 7) is 1.34. The van der Waals surface area contributed by atoms with Crippen molar-refractivity contribution in [1.29, 1.82) is 5.26 Å². The maximum atomic E-state index is 11.9. The van der Waals surface area contributed by atoms with Crippen LogP contribution in [0.4, 0.5) is 54.9 Å². The molecule has 0 aliphatic carbocycles. The van der Waals surface area contributed by atoms with E-state index in [1.807, 2.05) is 12.1 Å². The molecule has 0 aliphatic heterocycles. The fraction of sp³-hybridized carbons (Fsp3) is 0.120. The molecule has 0 spiro atoms. The van der Waals surface area contributed by atoms with Gasteiger partial charge in [0, 0.05) is 6.07 Å². The summed E-state index contributed by atoms with van der Waals surface area (Å²) in [4.78, 5) is 39.6. The lowest BCUT2D eigenvalue weighted by Crippen LogP contribution is -2.04. The number of nitrogens with zero attached hydrogens (tertiary/aromatic N) is 10. The lowest BCUT2D eigenvalue weighted by molar-refractivity contribution is -0.389. The Hall–Kier alpha value is -6.60. The van der Waals surface area contributed by atoms with Crippen molar-refractivity contribution in [2.45, 2.75) is 23.2 Å². The number of nitrogen functional groups attached to an aromatic ring is 5. The van der Waals surface area contributed by atoms with Crippen molar-refractivity contribution in [1.82, 2.24) is 30.6 Å². The number of nitrogens with two attached hydrogens (primary N) is 5. The minimum atomic E-state index is -4.42. The number of aromatic nitrogens is 6. The topological polar surface area (TPSA) is 412 Å². The fourth-order valence-electron chi connectivity index (χ4n) is 3.16. The molecule has 5 aromatic heterocycles. The summed E-state index contributed by atoms with van der Waals surface area (Å²) in [6, 6.07) is 12.8. The SMILES string of the molecule is CC(=O)c1cc([N+](=O)[O-])c(N)s1.N#Cc1nnc(N)s1.Nc1nnc(C(F)(F)F)s1.Nc1nnc(S(=O)(=O)Cc2ccccc2)s1.Nc1sc([N+](=O)[O-])cc1[N+](=O)[O-]. The van der Waals surface area contributed by atoms with Gasteiger partial charge in [0.1, 0.15) is 12.1 Å². The third-order valence-electron chi connectivity index (χ3n) is 5.49. The lowest BCUT2D eigenvalue weighted by atomic mass is 10.2. The van der Waals surface area contributed by atoms with Crippen molar-refractivity contribution < 1.29 is 41.2 Å². The molecule has 0 saturated carbocycles. The molecule has 0 saturated heterocycles. The van der Waals surface area contributed by atoms with Gasteiger partial charge in [0.2, 0.25) is 39.6 Å². The van der Waals surface area contributed by atoms with Crippen molar-refractivity contribution in [3.8, 4) is 6.07 Å². The molecule has 0 amide bonds. The number of sulfone groups is 1. The van der Waals surface area contributed by atoms with Crippen LogP contribution in [0.1, 0.15) is 32.2 Å². The Bertz CT molecular complexity index is 2450. The number of carbonyl (C=O) groups is 1. The highest BCUT2D eigenvalue weighted by atomic mass is 32.2. The second-order valence-electron chi connectivity index (χ2n) is 9.67. The van der Waals surface area contributed by atoms with Crippen LogP contribution >= 0.6 is 56.7 Å². The maximum absolute atomic E-state index is 11.9. The van der Waals surface area contributed by atoms with Crippen molar-refractivity contribution in [2.24, 2.45) is 0 Å². The first kappa shape index (κ1) is 47.6. The number of rotatable bonds is 7. The molecule has 1 aromatic carbocycles. The Morgan fingerprint density at radius 3 is 1.60 bits per heavy atom. The summed E-state index contributed by atoms with van der Waals surface area (Å²) < 4.78 is 58.7. The Balaban J connectivity index is 0.000000255. The van der Waals surface area contributed by atoms with Gasteiger partial charge in [0.15, 0.2) is 15.8 Å². The zero-order chi connectivity index (χ0) is 44.0. The minimum absolute atomic E-state index is 0.0335. The average Bonchev–Trinajstić information content (AvgIpc) is 3.98. The number of nitriles is 1. The summed E-state index contributed by atoms with van der Waals surface area (Å²) in [5.74, 6) is -0.289. The van der Waals surface area contributed by atoms with Gasteiger partial charge in [-0.15, -0.1) is 41.9 Å². The van der Waals surface area contributed by atoms with E-state index in [-0.39, 0.29) is 46.8 Å². The number of ketones is 1. The number of halogens is 3. The van der Waals surface area contributed by atoms with Crippen molar-refractivity contribution in [2.75, 3.05) is 28.7 Å². The molecule has 0 atom stereocenters. The number of nitro groups is 3. The molecular formula is C25H22F3N15O9S6. The number of benzene rings is 1. The van der Waals surface area contributed by atoms with Crippen LogP contribution in [0, 0.1) is 41.7 Å². The van der Waals surface area contributed by atoms with Gasteiger partial charge >= 0.3 is 22.6 Å². The summed E-state index contributed by atoms with van der Waals surface area (Å²) in [7, 11) is -3.43. The third kappa shape index (κ3) is 15.1. The van der Waals surface area contributed by atoms with Gasteiger partial charge in [-0.2, -0.15) is 18.4 Å². The first-order valence-corrected chi connectivity index (χ1v) is 19.9. The van der Waals surface area contributed by atoms with Crippen LogP contribution < -0.4 is 28.7 Å². The molecule has 5 heterocycles. The molecule has 6 aromatic rings. The second-order valence-corrected chi connectivity index (χ2v) is 17.0. The monoisotopic (exact) mass is 925 g/mol. The highest BCUT2D eigenvalue weighted by Crippen LogP contribution is 2.36. The van der Waals surface area contributed by atoms with Gasteiger partial charge < -0.3 is 28.7 Å². The highest BCUT2D eigenvalue weighted by molar-refractivity contribution is 7.92. The number of thiophene rings is 2. The Kier molecular flexibility index (Phi) is 17.3. The van der Waals surface area contributed by atoms with E-state index in [9.17, 15) is 56.7 Å². The smallest absolute Gasteiger partial charge is 0.385 e. The molecular weight excluding hydrogens is 904 g/mol. The van der Waals surface area contributed by atoms with Crippen LogP contribution in [0.5, 0.6) is 0 Å². The Labute approximate surface area is 340 Å². The Morgan fingerprint density at radius 2 is 1.28 bits per heavy atom. The van der Waals surface area contributed by atoms with Crippen LogP contribution in [-0.2, 0) is 21.8 Å². The lowest BCUT2D eigenvalue weighted by Gasteiger charge is -1.99. The molecule has 10 N–H and O–H groups in total. The number of anilines is 5. The van der Waals surface area contributed by atoms with E-state index < -0.39 is 41.5 Å². The number of Topliss-reactive ketones (excluding diaryl/α,β-unsaturated/α-hetero) is 1. The molecule has 58 heavy (non-hydrogen) atoms. The van der Waals surface area contributed by atoms with E-state index in [0.717, 1.165) is 45.6 Å². The van der Waals surface area contributed by atoms with Gasteiger partial charge in [-0.25, -0.2) is 8.42 Å². The third-order valence-corrected chi connectivity index (χ3v) is 11.8. The number of alkyl halides is 3. The summed E-state index contributed by atoms with van der Waals surface area (Å²) >= 11 is 3.81. The van der Waals surface area contributed by atoms with E-state index in [0.29, 0.717) is 37.7 Å². The van der Waals surface area contributed by atoms with Gasteiger partial charge in [0.25, 0.3) is 0 Å². The zero-order valence-corrected chi connectivity index (χ0v) is 33.3. The van der Waals surface area contributed by atoms with E-state index in [4.69, 9.17) is 33.9 Å². The van der Waals surface area contributed by atoms with Crippen molar-refractivity contribution >= 4 is 114 Å². The molecule has 0 bridgehead atoms. The van der Waals surface area contributed by atoms with Crippen molar-refractivity contribution in [3.05, 3.63) is 93.3 Å². The molecule has 0 fully saturated rings. The van der Waals surface area contributed by atoms with Gasteiger partial charge in [0.05, 0.1) is 25.4 Å². The number of hydrogen-bond acceptors (Lipinski definition) is 26. The van der Waals surface area contributed by atoms with E-state index in [1.54, 1.807) is 24.3 Å².